The van der Waals surface area contributed by atoms with Crippen LogP contribution in [-0.4, -0.2) is 38.6 Å². The number of sulfonamides is 1. The molecule has 3 N–H and O–H groups in total. The number of ether oxygens (including phenoxy) is 3. The van der Waals surface area contributed by atoms with Crippen LogP contribution < -0.4 is 24.7 Å². The van der Waals surface area contributed by atoms with E-state index in [0.717, 1.165) is 0 Å². The Morgan fingerprint density at radius 1 is 1.00 bits per heavy atom. The van der Waals surface area contributed by atoms with Crippen LogP contribution in [0.4, 0.5) is 5.82 Å². The highest BCUT2D eigenvalue weighted by Gasteiger charge is 2.24. The highest BCUT2D eigenvalue weighted by molar-refractivity contribution is 7.92. The minimum atomic E-state index is -3.93. The Morgan fingerprint density at radius 3 is 2.33 bits per heavy atom. The average molecular weight is 430 g/mol. The van der Waals surface area contributed by atoms with Gasteiger partial charge in [0.15, 0.2) is 17.3 Å². The van der Waals surface area contributed by atoms with E-state index in [0.29, 0.717) is 17.3 Å². The van der Waals surface area contributed by atoms with E-state index in [1.807, 2.05) is 0 Å². The predicted molar refractivity (Wildman–Crippen MR) is 112 cm³/mol. The Balaban J connectivity index is 2.08. The number of anilines is 1. The maximum Gasteiger partial charge on any atom is 0.263 e. The number of aromatic nitrogens is 2. The average Bonchev–Trinajstić information content (AvgIpc) is 2.75. The van der Waals surface area contributed by atoms with E-state index < -0.39 is 10.0 Å². The first kappa shape index (κ1) is 21.3. The molecule has 0 saturated carbocycles. The fourth-order valence-electron chi connectivity index (χ4n) is 2.55. The molecule has 0 atom stereocenters. The number of aryl methyl sites for hydroxylation is 1. The van der Waals surface area contributed by atoms with Gasteiger partial charge in [0, 0.05) is 6.54 Å². The summed E-state index contributed by atoms with van der Waals surface area (Å²) in [5, 5.41) is 0. The highest BCUT2D eigenvalue weighted by atomic mass is 32.2. The van der Waals surface area contributed by atoms with E-state index in [-0.39, 0.29) is 35.5 Å². The second-order valence-corrected chi connectivity index (χ2v) is 7.74. The lowest BCUT2D eigenvalue weighted by Crippen LogP contribution is -2.17. The maximum absolute atomic E-state index is 12.9. The first-order chi connectivity index (χ1) is 14.4. The number of methoxy groups -OCH3 is 1. The van der Waals surface area contributed by atoms with Crippen molar-refractivity contribution in [2.75, 3.05) is 25.0 Å². The molecule has 0 saturated heterocycles. The van der Waals surface area contributed by atoms with E-state index in [9.17, 15) is 8.42 Å². The molecule has 2 aromatic carbocycles. The molecule has 0 aliphatic heterocycles. The number of para-hydroxylation sites is 2. The van der Waals surface area contributed by atoms with Gasteiger partial charge < -0.3 is 19.9 Å². The van der Waals surface area contributed by atoms with Gasteiger partial charge >= 0.3 is 0 Å². The zero-order valence-corrected chi connectivity index (χ0v) is 17.3. The molecular formula is C20H22N4O5S. The van der Waals surface area contributed by atoms with E-state index in [2.05, 4.69) is 14.7 Å². The van der Waals surface area contributed by atoms with Gasteiger partial charge in [-0.05, 0) is 31.2 Å². The molecule has 0 aliphatic carbocycles. The summed E-state index contributed by atoms with van der Waals surface area (Å²) in [6.45, 7) is 2.01. The minimum absolute atomic E-state index is 0.00180. The molecule has 0 amide bonds. The molecule has 1 aromatic heterocycles. The number of hydrogen-bond donors (Lipinski definition) is 2. The van der Waals surface area contributed by atoms with Crippen LogP contribution in [0.25, 0.3) is 0 Å². The van der Waals surface area contributed by atoms with Crippen molar-refractivity contribution in [3.8, 4) is 23.1 Å². The lowest BCUT2D eigenvalue weighted by molar-refractivity contribution is 0.294. The van der Waals surface area contributed by atoms with Gasteiger partial charge in [0.1, 0.15) is 12.4 Å². The first-order valence-corrected chi connectivity index (χ1v) is 10.5. The number of nitrogens with zero attached hydrogens (tertiary/aromatic N) is 2. The second-order valence-electron chi connectivity index (χ2n) is 6.06. The Labute approximate surface area is 174 Å². The first-order valence-electron chi connectivity index (χ1n) is 9.05. The van der Waals surface area contributed by atoms with E-state index >= 15 is 0 Å². The highest BCUT2D eigenvalue weighted by Crippen LogP contribution is 2.40. The number of nitrogens with one attached hydrogen (secondary N) is 1. The Morgan fingerprint density at radius 2 is 1.67 bits per heavy atom. The van der Waals surface area contributed by atoms with Crippen molar-refractivity contribution in [2.45, 2.75) is 11.8 Å². The van der Waals surface area contributed by atoms with Gasteiger partial charge in [0.05, 0.1) is 12.0 Å². The fraction of sp³-hybridized carbons (Fsp3) is 0.200. The lowest BCUT2D eigenvalue weighted by Gasteiger charge is -2.17. The molecule has 0 unspecified atom stereocenters. The SMILES string of the molecule is COc1ccccc1Oc1c(NS(=O)(=O)c2ccccc2)nc(C)nc1OCCN. The van der Waals surface area contributed by atoms with E-state index in [1.165, 1.54) is 19.2 Å². The topological polar surface area (TPSA) is 126 Å². The van der Waals surface area contributed by atoms with Gasteiger partial charge in [-0.25, -0.2) is 13.4 Å². The maximum atomic E-state index is 12.9. The van der Waals surface area contributed by atoms with Crippen LogP contribution in [0.5, 0.6) is 23.1 Å². The standard InChI is InChI=1S/C20H22N4O5S/c1-14-22-19(24-30(25,26)15-8-4-3-5-9-15)18(20(23-14)28-13-12-21)29-17-11-7-6-10-16(17)27-2/h3-11H,12-13,21H2,1-2H3,(H,22,23,24). The van der Waals surface area contributed by atoms with Crippen molar-refractivity contribution >= 4 is 15.8 Å². The van der Waals surface area contributed by atoms with E-state index in [4.69, 9.17) is 19.9 Å². The molecule has 10 heteroatoms. The molecule has 0 fully saturated rings. The second kappa shape index (κ2) is 9.42. The third-order valence-electron chi connectivity index (χ3n) is 3.87. The molecule has 0 radical (unpaired) electrons. The van der Waals surface area contributed by atoms with Crippen LogP contribution >= 0.6 is 0 Å². The predicted octanol–water partition coefficient (Wildman–Crippen LogP) is 2.72. The van der Waals surface area contributed by atoms with Crippen LogP contribution in [0, 0.1) is 6.92 Å². The molecule has 9 nitrogen and oxygen atoms in total. The minimum Gasteiger partial charge on any atom is -0.493 e. The molecular weight excluding hydrogens is 408 g/mol. The molecule has 1 heterocycles. The van der Waals surface area contributed by atoms with Crippen molar-refractivity contribution in [3.63, 3.8) is 0 Å². The van der Waals surface area contributed by atoms with Gasteiger partial charge in [-0.15, -0.1) is 0 Å². The van der Waals surface area contributed by atoms with Gasteiger partial charge in [-0.2, -0.15) is 4.98 Å². The van der Waals surface area contributed by atoms with Gasteiger partial charge in [-0.3, -0.25) is 4.72 Å². The van der Waals surface area contributed by atoms with Crippen molar-refractivity contribution in [1.82, 2.24) is 9.97 Å². The molecule has 0 spiro atoms. The van der Waals surface area contributed by atoms with Crippen LogP contribution in [0.2, 0.25) is 0 Å². The third kappa shape index (κ3) is 4.97. The largest absolute Gasteiger partial charge is 0.493 e. The molecule has 30 heavy (non-hydrogen) atoms. The monoisotopic (exact) mass is 430 g/mol. The third-order valence-corrected chi connectivity index (χ3v) is 5.22. The summed E-state index contributed by atoms with van der Waals surface area (Å²) < 4.78 is 45.0. The summed E-state index contributed by atoms with van der Waals surface area (Å²) >= 11 is 0. The smallest absolute Gasteiger partial charge is 0.263 e. The zero-order valence-electron chi connectivity index (χ0n) is 16.5. The number of rotatable bonds is 9. The van der Waals surface area contributed by atoms with Crippen LogP contribution in [-0.2, 0) is 10.0 Å². The van der Waals surface area contributed by atoms with Gasteiger partial charge in [-0.1, -0.05) is 30.3 Å². The number of nitrogens with two attached hydrogens (primary N) is 1. The van der Waals surface area contributed by atoms with Crippen molar-refractivity contribution in [1.29, 1.82) is 0 Å². The Hall–Kier alpha value is -3.37. The summed E-state index contributed by atoms with van der Waals surface area (Å²) in [6, 6.07) is 14.8. The van der Waals surface area contributed by atoms with Crippen LogP contribution in [0.15, 0.2) is 59.5 Å². The van der Waals surface area contributed by atoms with E-state index in [1.54, 1.807) is 49.4 Å². The van der Waals surface area contributed by atoms with Gasteiger partial charge in [0.2, 0.25) is 5.75 Å². The normalized spacial score (nSPS) is 11.0. The van der Waals surface area contributed by atoms with Crippen molar-refractivity contribution in [3.05, 3.63) is 60.4 Å². The fourth-order valence-corrected chi connectivity index (χ4v) is 3.58. The molecule has 3 aromatic rings. The summed E-state index contributed by atoms with van der Waals surface area (Å²) in [5.41, 5.74) is 5.54. The van der Waals surface area contributed by atoms with Gasteiger partial charge in [0.25, 0.3) is 15.9 Å². The summed E-state index contributed by atoms with van der Waals surface area (Å²) in [4.78, 5) is 8.54. The molecule has 0 bridgehead atoms. The Kier molecular flexibility index (Phi) is 6.70. The zero-order chi connectivity index (χ0) is 21.6. The molecule has 3 rings (SSSR count). The lowest BCUT2D eigenvalue weighted by atomic mass is 10.3. The molecule has 158 valence electrons. The van der Waals surface area contributed by atoms with Crippen molar-refractivity contribution in [2.24, 2.45) is 5.73 Å². The number of benzene rings is 2. The molecule has 0 aliphatic rings. The van der Waals surface area contributed by atoms with Crippen LogP contribution in [0.3, 0.4) is 0 Å². The van der Waals surface area contributed by atoms with Crippen molar-refractivity contribution < 1.29 is 22.6 Å². The number of hydrogen-bond acceptors (Lipinski definition) is 8. The summed E-state index contributed by atoms with van der Waals surface area (Å²) in [5.74, 6) is 1.07. The summed E-state index contributed by atoms with van der Waals surface area (Å²) in [7, 11) is -2.43. The van der Waals surface area contributed by atoms with Crippen LogP contribution in [0.1, 0.15) is 5.82 Å². The Bertz CT molecular complexity index is 1110. The summed E-state index contributed by atoms with van der Waals surface area (Å²) in [6.07, 6.45) is 0. The quantitative estimate of drug-likeness (QED) is 0.531.